The molecule has 2 aromatic rings. The fourth-order valence-corrected chi connectivity index (χ4v) is 11.9. The molecule has 0 unspecified atom stereocenters. The average Bonchev–Trinajstić information content (AvgIpc) is 3.53. The molecule has 5 atom stereocenters. The highest BCUT2D eigenvalue weighted by Gasteiger charge is 2.50. The normalized spacial score (nSPS) is 17.0. The summed E-state index contributed by atoms with van der Waals surface area (Å²) in [6, 6.07) is 10.5. The average molecular weight is 915 g/mol. The minimum Gasteiger partial charge on any atom is -0.413 e. The van der Waals surface area contributed by atoms with Crippen molar-refractivity contribution in [3.63, 3.8) is 0 Å². The van der Waals surface area contributed by atoms with Crippen LogP contribution in [0, 0.1) is 24.2 Å². The highest BCUT2D eigenvalue weighted by atomic mass is 32.1. The van der Waals surface area contributed by atoms with E-state index in [9.17, 15) is 5.11 Å². The highest BCUT2D eigenvalue weighted by molar-refractivity contribution is 7.09. The van der Waals surface area contributed by atoms with E-state index >= 15 is 4.79 Å². The summed E-state index contributed by atoms with van der Waals surface area (Å²) in [7, 11) is -6.64. The van der Waals surface area contributed by atoms with Crippen molar-refractivity contribution in [2.75, 3.05) is 6.61 Å². The van der Waals surface area contributed by atoms with Crippen molar-refractivity contribution in [1.29, 1.82) is 0 Å². The Balaban J connectivity index is 2.53. The maximum Gasteiger partial charge on any atom is 0.192 e. The zero-order valence-corrected chi connectivity index (χ0v) is 46.7. The van der Waals surface area contributed by atoms with Crippen molar-refractivity contribution >= 4 is 48.1 Å². The van der Waals surface area contributed by atoms with Gasteiger partial charge in [-0.1, -0.05) is 125 Å². The molecule has 2 rings (SSSR count). The Hall–Kier alpha value is -1.51. The van der Waals surface area contributed by atoms with E-state index in [0.29, 0.717) is 12.8 Å². The number of aryl methyl sites for hydroxylation is 1. The topological polar surface area (TPSA) is 77.9 Å². The summed E-state index contributed by atoms with van der Waals surface area (Å²) in [6.45, 7) is 47.2. The van der Waals surface area contributed by atoms with Crippen LogP contribution < -0.4 is 0 Å². The molecule has 0 fully saturated rings. The van der Waals surface area contributed by atoms with Gasteiger partial charge in [0.2, 0.25) is 0 Å². The van der Waals surface area contributed by atoms with Gasteiger partial charge in [0.1, 0.15) is 5.78 Å². The molecule has 0 amide bonds. The Morgan fingerprint density at radius 3 is 1.82 bits per heavy atom. The van der Waals surface area contributed by atoms with Gasteiger partial charge in [-0.3, -0.25) is 4.79 Å². The van der Waals surface area contributed by atoms with Gasteiger partial charge < -0.3 is 18.4 Å². The predicted octanol–water partition coefficient (Wildman–Crippen LogP) is 15.0. The van der Waals surface area contributed by atoms with E-state index in [0.717, 1.165) is 41.9 Å². The summed E-state index contributed by atoms with van der Waals surface area (Å²) in [5.74, 6) is -0.0783. The number of Topliss-reactive ketones (excluding diaryl/α,β-unsaturated/α-hetero) is 1. The number of benzene rings is 1. The summed E-state index contributed by atoms with van der Waals surface area (Å²) in [5.41, 5.74) is 3.88. The van der Waals surface area contributed by atoms with Gasteiger partial charge in [-0.2, -0.15) is 0 Å². The first-order valence-electron chi connectivity index (χ1n) is 23.2. The molecule has 348 valence electrons. The smallest absolute Gasteiger partial charge is 0.192 e. The van der Waals surface area contributed by atoms with Crippen LogP contribution in [0.15, 0.2) is 52.9 Å². The van der Waals surface area contributed by atoms with Crippen molar-refractivity contribution in [1.82, 2.24) is 4.98 Å². The molecule has 1 aromatic carbocycles. The summed E-state index contributed by atoms with van der Waals surface area (Å²) in [6.07, 6.45) is 8.65. The number of thiazole rings is 1. The van der Waals surface area contributed by atoms with Gasteiger partial charge in [0.25, 0.3) is 0 Å². The molecular weight excluding hydrogens is 823 g/mol. The number of ketones is 1. The van der Waals surface area contributed by atoms with E-state index in [4.69, 9.17) is 18.3 Å². The van der Waals surface area contributed by atoms with Crippen LogP contribution in [0.3, 0.4) is 0 Å². The molecule has 0 spiro atoms. The molecule has 0 aliphatic rings. The van der Waals surface area contributed by atoms with Crippen molar-refractivity contribution in [2.45, 2.75) is 215 Å². The lowest BCUT2D eigenvalue weighted by Crippen LogP contribution is -2.55. The van der Waals surface area contributed by atoms with Gasteiger partial charge in [-0.25, -0.2) is 4.98 Å². The Bertz CT molecular complexity index is 1730. The van der Waals surface area contributed by atoms with Crippen LogP contribution in [0.1, 0.15) is 145 Å². The molecule has 0 saturated heterocycles. The zero-order valence-electron chi connectivity index (χ0n) is 42.9. The Labute approximate surface area is 382 Å². The minimum atomic E-state index is -2.33. The van der Waals surface area contributed by atoms with Crippen LogP contribution in [-0.2, 0) is 24.5 Å². The fourth-order valence-electron chi connectivity index (χ4n) is 7.10. The van der Waals surface area contributed by atoms with Crippen LogP contribution in [0.2, 0.25) is 54.4 Å². The first kappa shape index (κ1) is 55.6. The maximum atomic E-state index is 15.5. The second kappa shape index (κ2) is 22.1. The number of aliphatic hydroxyl groups excluding tert-OH is 1. The van der Waals surface area contributed by atoms with Crippen LogP contribution in [0.25, 0.3) is 6.08 Å². The number of aliphatic hydroxyl groups is 1. The number of allylic oxidation sites excluding steroid dienone is 1. The second-order valence-corrected chi connectivity index (χ2v) is 38.6. The highest BCUT2D eigenvalue weighted by Crippen LogP contribution is 2.45. The second-order valence-electron chi connectivity index (χ2n) is 23.3. The molecule has 10 heteroatoms. The first-order valence-corrected chi connectivity index (χ1v) is 32.8. The van der Waals surface area contributed by atoms with Gasteiger partial charge in [0, 0.05) is 23.3 Å². The van der Waals surface area contributed by atoms with Crippen molar-refractivity contribution in [3.8, 4) is 0 Å². The van der Waals surface area contributed by atoms with Gasteiger partial charge in [0.05, 0.1) is 29.0 Å². The Morgan fingerprint density at radius 2 is 1.33 bits per heavy atom. The molecule has 0 radical (unpaired) electrons. The summed E-state index contributed by atoms with van der Waals surface area (Å²) < 4.78 is 21.6. The minimum absolute atomic E-state index is 0.0115. The molecule has 0 aliphatic carbocycles. The lowest BCUT2D eigenvalue weighted by atomic mass is 9.70. The molecular formula is C51H91NO5SSi3. The number of carbonyl (C=O) groups excluding carboxylic acids is 1. The number of hydrogen-bond acceptors (Lipinski definition) is 7. The molecule has 61 heavy (non-hydrogen) atoms. The first-order chi connectivity index (χ1) is 27.7. The molecule has 6 nitrogen and oxygen atoms in total. The monoisotopic (exact) mass is 914 g/mol. The van der Waals surface area contributed by atoms with E-state index in [2.05, 4.69) is 185 Å². The Kier molecular flexibility index (Phi) is 20.2. The van der Waals surface area contributed by atoms with E-state index in [1.807, 2.05) is 6.07 Å². The molecule has 0 saturated carbocycles. The Morgan fingerprint density at radius 1 is 0.803 bits per heavy atom. The summed E-state index contributed by atoms with van der Waals surface area (Å²) in [4.78, 5) is 20.2. The van der Waals surface area contributed by atoms with E-state index < -0.39 is 36.5 Å². The van der Waals surface area contributed by atoms with Crippen molar-refractivity contribution < 1.29 is 23.2 Å². The zero-order chi connectivity index (χ0) is 47.0. The van der Waals surface area contributed by atoms with Crippen LogP contribution in [0.4, 0.5) is 0 Å². The number of nitrogens with zero attached hydrogens (tertiary/aromatic N) is 1. The van der Waals surface area contributed by atoms with Crippen molar-refractivity contribution in [2.24, 2.45) is 17.3 Å². The SMILES string of the molecule is CC(=CC[C@H](O[Si](C)(C)C(C)(C)C)C(C)=Cc1csc(C)n1)CCC[C@H](C)[C@H](O[Si](C)(C)C(C)(C)C)[C@@H](Cc1ccccc1)C(=O)C(C)(C)[C@H](CCO)O[Si](C)(C)C(C)(C)C. The largest absolute Gasteiger partial charge is 0.413 e. The summed E-state index contributed by atoms with van der Waals surface area (Å²) in [5, 5.41) is 13.6. The van der Waals surface area contributed by atoms with E-state index in [-0.39, 0.29) is 51.5 Å². The van der Waals surface area contributed by atoms with Crippen LogP contribution >= 0.6 is 11.3 Å². The van der Waals surface area contributed by atoms with Gasteiger partial charge >= 0.3 is 0 Å². The number of carbonyl (C=O) groups is 1. The summed E-state index contributed by atoms with van der Waals surface area (Å²) >= 11 is 1.68. The number of hydrogen-bond donors (Lipinski definition) is 1. The van der Waals surface area contributed by atoms with E-state index in [1.165, 1.54) is 11.1 Å². The molecule has 1 aromatic heterocycles. The third kappa shape index (κ3) is 16.2. The number of aromatic nitrogens is 1. The van der Waals surface area contributed by atoms with Gasteiger partial charge in [0.15, 0.2) is 25.0 Å². The van der Waals surface area contributed by atoms with Crippen LogP contribution in [0.5, 0.6) is 0 Å². The predicted molar refractivity (Wildman–Crippen MR) is 272 cm³/mol. The van der Waals surface area contributed by atoms with Gasteiger partial charge in [-0.15, -0.1) is 11.3 Å². The quantitative estimate of drug-likeness (QED) is 0.0884. The third-order valence-electron chi connectivity index (χ3n) is 14.6. The van der Waals surface area contributed by atoms with E-state index in [1.54, 1.807) is 11.3 Å². The standard InChI is InChI=1S/C51H91NO5SSi3/c1-37(30-31-44(55-59(16,17)48(5,6)7)39(3)34-42-36-58-40(4)52-42)26-25-27-38(2)46(57-61(20,21)50(11,12)13)43(35-41-28-23-22-24-29-41)47(54)51(14,15)45(32-33-53)56-60(18,19)49(8,9)10/h22-24,28-30,34,36,38,43-46,53H,25-27,31-33,35H2,1-21H3/t38-,43+,44-,45-,46-/m0/s1. The molecule has 1 N–H and O–H groups in total. The molecule has 0 aliphatic heterocycles. The third-order valence-corrected chi connectivity index (χ3v) is 28.8. The fraction of sp³-hybridized carbons (Fsp3) is 0.725. The molecule has 0 bridgehead atoms. The van der Waals surface area contributed by atoms with Crippen molar-refractivity contribution in [3.05, 3.63) is 69.2 Å². The maximum absolute atomic E-state index is 15.5. The van der Waals surface area contributed by atoms with Crippen LogP contribution in [-0.4, -0.2) is 65.7 Å². The lowest BCUT2D eigenvalue weighted by Gasteiger charge is -2.47. The number of rotatable bonds is 23. The molecule has 1 heterocycles. The van der Waals surface area contributed by atoms with Gasteiger partial charge in [-0.05, 0) is 137 Å². The lowest BCUT2D eigenvalue weighted by molar-refractivity contribution is -0.141.